The molecule has 0 aromatic rings. The summed E-state index contributed by atoms with van der Waals surface area (Å²) in [5, 5.41) is 17.9. The van der Waals surface area contributed by atoms with Crippen molar-refractivity contribution in [3.8, 4) is 0 Å². The van der Waals surface area contributed by atoms with Crippen LogP contribution in [0, 0.1) is 0 Å². The predicted octanol–water partition coefficient (Wildman–Crippen LogP) is -3.35. The fraction of sp³-hybridized carbons (Fsp3) is 0. The van der Waals surface area contributed by atoms with Crippen molar-refractivity contribution in [3.63, 3.8) is 0 Å². The molecule has 12 nitrogen and oxygen atoms in total. The van der Waals surface area contributed by atoms with E-state index in [0.29, 0.717) is 0 Å². The van der Waals surface area contributed by atoms with Gasteiger partial charge in [0.05, 0.1) is 11.9 Å². The molecule has 0 heterocycles. The van der Waals surface area contributed by atoms with Crippen LogP contribution < -0.4 is 34.8 Å². The van der Waals surface area contributed by atoms with Gasteiger partial charge < -0.3 is 53.5 Å². The molecule has 13 heteroatoms. The standard InChI is InChI=1S/C2H2O4.4H3N.H2O4S/c3-1(4)2(5)6;;;;;1-5(2,3)4/h(H,3,4)(H,5,6);4*1H3;(H2,1,2,3,4). The lowest BCUT2D eigenvalue weighted by atomic mass is 10.7. The van der Waals surface area contributed by atoms with Crippen molar-refractivity contribution in [2.75, 3.05) is 0 Å². The summed E-state index contributed by atoms with van der Waals surface area (Å²) in [6, 6.07) is 0. The quantitative estimate of drug-likeness (QED) is 0.192. The summed E-state index contributed by atoms with van der Waals surface area (Å²) in [6.45, 7) is 0. The Balaban J connectivity index is -0.0000000215. The van der Waals surface area contributed by atoms with Gasteiger partial charge in [-0.25, -0.2) is 0 Å². The van der Waals surface area contributed by atoms with Gasteiger partial charge in [-0.05, 0) is 0 Å². The lowest BCUT2D eigenvalue weighted by Crippen LogP contribution is -2.42. The number of carbonyl (C=O) groups excluding carboxylic acids is 2. The number of quaternary nitrogens is 4. The topological polar surface area (TPSA) is 307 Å². The first kappa shape index (κ1) is 37.3. The summed E-state index contributed by atoms with van der Waals surface area (Å²) in [7, 11) is -5.17. The Morgan fingerprint density at radius 3 is 0.800 bits per heavy atom. The molecule has 0 bridgehead atoms. The Hall–Kier alpha value is -1.35. The van der Waals surface area contributed by atoms with Crippen LogP contribution in [0.4, 0.5) is 0 Å². The molecule has 0 aromatic carbocycles. The molecular formula is C2H16N4O8S. The highest BCUT2D eigenvalue weighted by atomic mass is 32.3. The molecule has 0 saturated heterocycles. The van der Waals surface area contributed by atoms with Gasteiger partial charge in [0.25, 0.3) is 0 Å². The third-order valence-electron chi connectivity index (χ3n) is 0.167. The normalized spacial score (nSPS) is 6.80. The first-order chi connectivity index (χ1) is 4.64. The van der Waals surface area contributed by atoms with Gasteiger partial charge in [-0.2, -0.15) is 0 Å². The van der Waals surface area contributed by atoms with Gasteiger partial charge in [0.1, 0.15) is 0 Å². The van der Waals surface area contributed by atoms with Gasteiger partial charge in [-0.15, -0.1) is 0 Å². The minimum atomic E-state index is -5.17. The van der Waals surface area contributed by atoms with Crippen LogP contribution in [-0.2, 0) is 20.0 Å². The summed E-state index contributed by atoms with van der Waals surface area (Å²) in [6.07, 6.45) is 0. The maximum absolute atomic E-state index is 8.93. The molecule has 0 saturated carbocycles. The van der Waals surface area contributed by atoms with E-state index >= 15 is 0 Å². The monoisotopic (exact) mass is 256 g/mol. The van der Waals surface area contributed by atoms with Crippen LogP contribution >= 0.6 is 0 Å². The average molecular weight is 256 g/mol. The molecule has 0 spiro atoms. The first-order valence-corrected chi connectivity index (χ1v) is 3.07. The van der Waals surface area contributed by atoms with Gasteiger partial charge in [0.2, 0.25) is 0 Å². The zero-order valence-corrected chi connectivity index (χ0v) is 9.49. The van der Waals surface area contributed by atoms with Crippen molar-refractivity contribution in [2.45, 2.75) is 0 Å². The van der Waals surface area contributed by atoms with Crippen molar-refractivity contribution in [1.29, 1.82) is 0 Å². The van der Waals surface area contributed by atoms with E-state index in [-0.39, 0.29) is 24.6 Å². The molecule has 0 aliphatic rings. The second-order valence-corrected chi connectivity index (χ2v) is 1.80. The van der Waals surface area contributed by atoms with E-state index in [1.807, 2.05) is 0 Å². The highest BCUT2D eigenvalue weighted by Gasteiger charge is 1.74. The molecule has 0 atom stereocenters. The van der Waals surface area contributed by atoms with Crippen LogP contribution in [0.15, 0.2) is 0 Å². The van der Waals surface area contributed by atoms with E-state index in [9.17, 15) is 0 Å². The highest BCUT2D eigenvalue weighted by molar-refractivity contribution is 7.79. The molecular weight excluding hydrogens is 240 g/mol. The van der Waals surface area contributed by atoms with Crippen molar-refractivity contribution < 1.29 is 37.3 Å². The minimum absolute atomic E-state index is 0. The van der Waals surface area contributed by atoms with Crippen molar-refractivity contribution in [1.82, 2.24) is 24.6 Å². The van der Waals surface area contributed by atoms with Gasteiger partial charge in [-0.3, -0.25) is 8.42 Å². The van der Waals surface area contributed by atoms with Crippen LogP contribution in [-0.4, -0.2) is 29.5 Å². The maximum atomic E-state index is 8.93. The van der Waals surface area contributed by atoms with Gasteiger partial charge in [0.15, 0.2) is 0 Å². The second-order valence-electron chi connectivity index (χ2n) is 0.983. The third-order valence-corrected chi connectivity index (χ3v) is 0.167. The SMILES string of the molecule is O=C([O-])C(=O)[O-].O=S(=O)([O-])[O-].[NH4+].[NH4+].[NH4+].[NH4+]. The molecule has 0 amide bonds. The Morgan fingerprint density at radius 1 is 0.733 bits per heavy atom. The van der Waals surface area contributed by atoms with E-state index in [4.69, 9.17) is 37.3 Å². The molecule has 98 valence electrons. The molecule has 0 fully saturated rings. The smallest absolute Gasteiger partial charge is 0.0870 e. The Kier molecular flexibility index (Phi) is 37.7. The Labute approximate surface area is 85.2 Å². The molecule has 0 aliphatic carbocycles. The zero-order chi connectivity index (χ0) is 9.65. The first-order valence-electron chi connectivity index (χ1n) is 1.73. The van der Waals surface area contributed by atoms with E-state index in [1.165, 1.54) is 0 Å². The van der Waals surface area contributed by atoms with Crippen LogP contribution in [0.25, 0.3) is 0 Å². The van der Waals surface area contributed by atoms with Crippen LogP contribution in [0.3, 0.4) is 0 Å². The lowest BCUT2D eigenvalue weighted by molar-refractivity contribution is -0.345. The van der Waals surface area contributed by atoms with Crippen LogP contribution in [0.2, 0.25) is 0 Å². The molecule has 0 aliphatic heterocycles. The fourth-order valence-corrected chi connectivity index (χ4v) is 0. The summed E-state index contributed by atoms with van der Waals surface area (Å²) in [5.74, 6) is -4.37. The number of carboxylic acid groups (broad SMARTS) is 2. The average Bonchev–Trinajstić information content (AvgIpc) is 1.59. The van der Waals surface area contributed by atoms with Crippen LogP contribution in [0.1, 0.15) is 0 Å². The molecule has 0 rings (SSSR count). The Morgan fingerprint density at radius 2 is 0.800 bits per heavy atom. The summed E-state index contributed by atoms with van der Waals surface area (Å²) in [4.78, 5) is 17.9. The number of hydrogen-bond donors (Lipinski definition) is 4. The highest BCUT2D eigenvalue weighted by Crippen LogP contribution is 1.57. The van der Waals surface area contributed by atoms with Crippen LogP contribution in [0.5, 0.6) is 0 Å². The molecule has 0 unspecified atom stereocenters. The van der Waals surface area contributed by atoms with Gasteiger partial charge in [-0.1, -0.05) is 0 Å². The molecule has 16 N–H and O–H groups in total. The minimum Gasteiger partial charge on any atom is -0.759 e. The third kappa shape index (κ3) is 204. The largest absolute Gasteiger partial charge is 0.759 e. The second kappa shape index (κ2) is 15.1. The predicted molar refractivity (Wildman–Crippen MR) is 44.4 cm³/mol. The summed E-state index contributed by atoms with van der Waals surface area (Å²) in [5.41, 5.74) is 0. The summed E-state index contributed by atoms with van der Waals surface area (Å²) >= 11 is 0. The van der Waals surface area contributed by atoms with Crippen molar-refractivity contribution >= 4 is 22.3 Å². The number of hydrogen-bond acceptors (Lipinski definition) is 8. The van der Waals surface area contributed by atoms with Crippen molar-refractivity contribution in [2.24, 2.45) is 0 Å². The number of rotatable bonds is 0. The molecule has 15 heavy (non-hydrogen) atoms. The number of carboxylic acids is 2. The van der Waals surface area contributed by atoms with Gasteiger partial charge in [0, 0.05) is 10.4 Å². The zero-order valence-electron chi connectivity index (χ0n) is 8.67. The molecule has 0 aromatic heterocycles. The van der Waals surface area contributed by atoms with E-state index in [0.717, 1.165) is 0 Å². The number of carbonyl (C=O) groups is 2. The van der Waals surface area contributed by atoms with E-state index in [1.54, 1.807) is 0 Å². The fourth-order valence-electron chi connectivity index (χ4n) is 0. The number of aliphatic carboxylic acids is 2. The van der Waals surface area contributed by atoms with E-state index < -0.39 is 22.3 Å². The van der Waals surface area contributed by atoms with Gasteiger partial charge >= 0.3 is 0 Å². The van der Waals surface area contributed by atoms with Crippen molar-refractivity contribution in [3.05, 3.63) is 0 Å². The lowest BCUT2D eigenvalue weighted by Gasteiger charge is -2.06. The van der Waals surface area contributed by atoms with E-state index in [2.05, 4.69) is 0 Å². The summed E-state index contributed by atoms with van der Waals surface area (Å²) < 4.78 is 34.1. The molecule has 0 radical (unpaired) electrons. The Bertz CT molecular complexity index is 227. The maximum Gasteiger partial charge on any atom is 0.0870 e.